The van der Waals surface area contributed by atoms with E-state index < -0.39 is 0 Å². The topological polar surface area (TPSA) is 76.3 Å². The maximum absolute atomic E-state index is 13.2. The van der Waals surface area contributed by atoms with Gasteiger partial charge in [-0.15, -0.1) is 0 Å². The van der Waals surface area contributed by atoms with E-state index in [2.05, 4.69) is 15.1 Å². The van der Waals surface area contributed by atoms with E-state index in [1.54, 1.807) is 19.2 Å². The van der Waals surface area contributed by atoms with Crippen molar-refractivity contribution in [3.05, 3.63) is 119 Å². The number of hydrogen-bond acceptors (Lipinski definition) is 4. The molecule has 5 rings (SSSR count). The van der Waals surface area contributed by atoms with Gasteiger partial charge in [0.05, 0.1) is 23.0 Å². The number of pyridine rings is 1. The van der Waals surface area contributed by atoms with Crippen LogP contribution in [-0.4, -0.2) is 27.5 Å². The number of fused-ring (bicyclic) bond motifs is 1. The van der Waals surface area contributed by atoms with E-state index in [-0.39, 0.29) is 11.7 Å². The number of aromatic nitrogens is 2. The van der Waals surface area contributed by atoms with E-state index >= 15 is 0 Å². The number of rotatable bonds is 6. The second kappa shape index (κ2) is 10.0. The van der Waals surface area contributed by atoms with Crippen molar-refractivity contribution in [1.82, 2.24) is 15.0 Å². The number of nitrogens with zero attached hydrogens (tertiary/aromatic N) is 3. The number of aryl methyl sites for hydroxylation is 1. The van der Waals surface area contributed by atoms with Crippen LogP contribution >= 0.6 is 0 Å². The predicted molar refractivity (Wildman–Crippen MR) is 147 cm³/mol. The third-order valence-electron chi connectivity index (χ3n) is 6.40. The molecular formula is C31H26N4O2. The SMILES string of the molecule is CC(=O)c1ccc(-n2c(C)cc(/C=N/NC(=O)c3cc(-c4ccccc4)nc4ccccc34)c2C)cc1. The molecule has 0 bridgehead atoms. The highest BCUT2D eigenvalue weighted by molar-refractivity contribution is 6.07. The average molecular weight is 487 g/mol. The zero-order valence-corrected chi connectivity index (χ0v) is 20.9. The summed E-state index contributed by atoms with van der Waals surface area (Å²) in [6.45, 7) is 5.56. The molecule has 0 unspecified atom stereocenters. The Balaban J connectivity index is 1.41. The number of ketones is 1. The lowest BCUT2D eigenvalue weighted by Gasteiger charge is -2.10. The first-order valence-corrected chi connectivity index (χ1v) is 12.0. The zero-order valence-electron chi connectivity index (χ0n) is 20.9. The van der Waals surface area contributed by atoms with Crippen LogP contribution in [0.2, 0.25) is 0 Å². The van der Waals surface area contributed by atoms with Gasteiger partial charge in [-0.25, -0.2) is 10.4 Å². The van der Waals surface area contributed by atoms with Crippen molar-refractivity contribution in [3.8, 4) is 16.9 Å². The number of benzene rings is 3. The summed E-state index contributed by atoms with van der Waals surface area (Å²) in [4.78, 5) is 29.6. The Bertz CT molecular complexity index is 1650. The van der Waals surface area contributed by atoms with Gasteiger partial charge < -0.3 is 4.57 Å². The Hall–Kier alpha value is -4.84. The molecule has 0 aliphatic carbocycles. The smallest absolute Gasteiger partial charge is 0.272 e. The lowest BCUT2D eigenvalue weighted by molar-refractivity contribution is 0.0955. The summed E-state index contributed by atoms with van der Waals surface area (Å²) in [5, 5.41) is 5.04. The molecule has 37 heavy (non-hydrogen) atoms. The molecule has 1 amide bonds. The highest BCUT2D eigenvalue weighted by Crippen LogP contribution is 2.25. The molecule has 6 nitrogen and oxygen atoms in total. The highest BCUT2D eigenvalue weighted by Gasteiger charge is 2.14. The number of hydrogen-bond donors (Lipinski definition) is 1. The van der Waals surface area contributed by atoms with Gasteiger partial charge in [-0.2, -0.15) is 5.10 Å². The van der Waals surface area contributed by atoms with E-state index in [1.165, 1.54) is 0 Å². The Morgan fingerprint density at radius 1 is 0.892 bits per heavy atom. The molecule has 6 heteroatoms. The van der Waals surface area contributed by atoms with Crippen LogP contribution < -0.4 is 5.43 Å². The van der Waals surface area contributed by atoms with Crippen molar-refractivity contribution in [2.75, 3.05) is 0 Å². The van der Waals surface area contributed by atoms with Gasteiger partial charge in [0.1, 0.15) is 0 Å². The van der Waals surface area contributed by atoms with Crippen LogP contribution in [0.3, 0.4) is 0 Å². The van der Waals surface area contributed by atoms with Crippen LogP contribution in [-0.2, 0) is 0 Å². The maximum atomic E-state index is 13.2. The summed E-state index contributed by atoms with van der Waals surface area (Å²) >= 11 is 0. The normalized spacial score (nSPS) is 11.2. The summed E-state index contributed by atoms with van der Waals surface area (Å²) in [7, 11) is 0. The van der Waals surface area contributed by atoms with Crippen molar-refractivity contribution in [2.45, 2.75) is 20.8 Å². The van der Waals surface area contributed by atoms with Gasteiger partial charge in [-0.1, -0.05) is 48.5 Å². The number of carbonyl (C=O) groups excluding carboxylic acids is 2. The Kier molecular flexibility index (Phi) is 6.47. The number of nitrogens with one attached hydrogen (secondary N) is 1. The Morgan fingerprint density at radius 3 is 2.32 bits per heavy atom. The third-order valence-corrected chi connectivity index (χ3v) is 6.40. The summed E-state index contributed by atoms with van der Waals surface area (Å²) < 4.78 is 2.09. The van der Waals surface area contributed by atoms with E-state index in [0.29, 0.717) is 11.1 Å². The van der Waals surface area contributed by atoms with Crippen molar-refractivity contribution in [2.24, 2.45) is 5.10 Å². The zero-order chi connectivity index (χ0) is 25.9. The molecule has 0 saturated heterocycles. The van der Waals surface area contributed by atoms with Crippen LogP contribution in [0, 0.1) is 13.8 Å². The molecule has 0 spiro atoms. The summed E-state index contributed by atoms with van der Waals surface area (Å²) in [6.07, 6.45) is 1.65. The van der Waals surface area contributed by atoms with Gasteiger partial charge in [0.15, 0.2) is 5.78 Å². The minimum absolute atomic E-state index is 0.0360. The van der Waals surface area contributed by atoms with Gasteiger partial charge in [0.25, 0.3) is 5.91 Å². The molecule has 0 aliphatic rings. The Labute approximate surface area is 215 Å². The molecule has 0 aliphatic heterocycles. The minimum Gasteiger partial charge on any atom is -0.318 e. The van der Waals surface area contributed by atoms with Crippen LogP contribution in [0.5, 0.6) is 0 Å². The monoisotopic (exact) mass is 486 g/mol. The van der Waals surface area contributed by atoms with Crippen LogP contribution in [0.1, 0.15) is 44.6 Å². The summed E-state index contributed by atoms with van der Waals surface area (Å²) in [5.74, 6) is -0.269. The van der Waals surface area contributed by atoms with E-state index in [1.807, 2.05) is 98.8 Å². The molecule has 5 aromatic rings. The van der Waals surface area contributed by atoms with Gasteiger partial charge in [0.2, 0.25) is 0 Å². The first kappa shape index (κ1) is 23.9. The fourth-order valence-corrected chi connectivity index (χ4v) is 4.50. The van der Waals surface area contributed by atoms with Crippen LogP contribution in [0.4, 0.5) is 0 Å². The number of amides is 1. The second-order valence-electron chi connectivity index (χ2n) is 8.90. The number of hydrazone groups is 1. The fourth-order valence-electron chi connectivity index (χ4n) is 4.50. The summed E-state index contributed by atoms with van der Waals surface area (Å²) in [6, 6.07) is 28.7. The minimum atomic E-state index is -0.305. The second-order valence-corrected chi connectivity index (χ2v) is 8.90. The van der Waals surface area contributed by atoms with Crippen molar-refractivity contribution < 1.29 is 9.59 Å². The van der Waals surface area contributed by atoms with Crippen molar-refractivity contribution in [1.29, 1.82) is 0 Å². The van der Waals surface area contributed by atoms with Gasteiger partial charge >= 0.3 is 0 Å². The molecule has 0 saturated carbocycles. The molecule has 0 fully saturated rings. The lowest BCUT2D eigenvalue weighted by Crippen LogP contribution is -2.18. The number of para-hydroxylation sites is 1. The molecule has 0 radical (unpaired) electrons. The van der Waals surface area contributed by atoms with Crippen LogP contribution in [0.15, 0.2) is 96.1 Å². The van der Waals surface area contributed by atoms with E-state index in [9.17, 15) is 9.59 Å². The van der Waals surface area contributed by atoms with E-state index in [0.717, 1.165) is 44.8 Å². The first-order valence-electron chi connectivity index (χ1n) is 12.0. The molecule has 2 aromatic heterocycles. The van der Waals surface area contributed by atoms with E-state index in [4.69, 9.17) is 4.98 Å². The molecule has 0 atom stereocenters. The quantitative estimate of drug-likeness (QED) is 0.174. The molecule has 3 aromatic carbocycles. The number of Topliss-reactive ketones (excluding diaryl/α,β-unsaturated/α-hetero) is 1. The van der Waals surface area contributed by atoms with Crippen LogP contribution in [0.25, 0.3) is 27.8 Å². The molecule has 1 N–H and O–H groups in total. The molecule has 182 valence electrons. The van der Waals surface area contributed by atoms with Gasteiger partial charge in [0, 0.05) is 39.2 Å². The van der Waals surface area contributed by atoms with Crippen molar-refractivity contribution in [3.63, 3.8) is 0 Å². The predicted octanol–water partition coefficient (Wildman–Crippen LogP) is 6.28. The highest BCUT2D eigenvalue weighted by atomic mass is 16.2. The van der Waals surface area contributed by atoms with Crippen molar-refractivity contribution >= 4 is 28.8 Å². The Morgan fingerprint density at radius 2 is 1.59 bits per heavy atom. The first-order chi connectivity index (χ1) is 17.9. The standard InChI is InChI=1S/C31H26N4O2/c1-20-17-25(21(2)35(20)26-15-13-23(14-16-26)22(3)36)19-32-34-31(37)28-18-30(24-9-5-4-6-10-24)33-29-12-8-7-11-27(28)29/h4-19H,1-3H3,(H,34,37)/b32-19+. The summed E-state index contributed by atoms with van der Waals surface area (Å²) in [5.41, 5.74) is 10.1. The fraction of sp³-hybridized carbons (Fsp3) is 0.0968. The molecular weight excluding hydrogens is 460 g/mol. The van der Waals surface area contributed by atoms with Gasteiger partial charge in [-0.05, 0) is 63.2 Å². The molecule has 2 heterocycles. The average Bonchev–Trinajstić information content (AvgIpc) is 3.20. The van der Waals surface area contributed by atoms with Gasteiger partial charge in [-0.3, -0.25) is 9.59 Å². The maximum Gasteiger partial charge on any atom is 0.272 e. The third kappa shape index (κ3) is 4.82. The largest absolute Gasteiger partial charge is 0.318 e. The number of carbonyl (C=O) groups is 2. The lowest BCUT2D eigenvalue weighted by atomic mass is 10.0.